The molecule has 0 aromatic rings. The SMILES string of the molecule is CCC1COCCN1C(=O)C(N)C(C)C. The molecule has 2 unspecified atom stereocenters. The molecule has 0 radical (unpaired) electrons. The Kier molecular flexibility index (Phi) is 4.54. The summed E-state index contributed by atoms with van der Waals surface area (Å²) in [4.78, 5) is 13.9. The molecule has 88 valence electrons. The number of morpholine rings is 1. The predicted octanol–water partition coefficient (Wildman–Crippen LogP) is 0.607. The minimum atomic E-state index is -0.378. The van der Waals surface area contributed by atoms with Crippen LogP contribution in [0.2, 0.25) is 0 Å². The Bertz CT molecular complexity index is 219. The lowest BCUT2D eigenvalue weighted by Crippen LogP contribution is -2.55. The Morgan fingerprint density at radius 3 is 2.80 bits per heavy atom. The molecule has 4 nitrogen and oxygen atoms in total. The molecule has 1 rings (SSSR count). The lowest BCUT2D eigenvalue weighted by molar-refractivity contribution is -0.142. The van der Waals surface area contributed by atoms with E-state index in [-0.39, 0.29) is 23.9 Å². The highest BCUT2D eigenvalue weighted by Crippen LogP contribution is 2.13. The average molecular weight is 214 g/mol. The third kappa shape index (κ3) is 2.92. The van der Waals surface area contributed by atoms with Crippen molar-refractivity contribution in [1.29, 1.82) is 0 Å². The first-order valence-corrected chi connectivity index (χ1v) is 5.71. The molecule has 2 N–H and O–H groups in total. The number of nitrogens with two attached hydrogens (primary N) is 1. The Balaban J connectivity index is 2.63. The van der Waals surface area contributed by atoms with Crippen LogP contribution < -0.4 is 5.73 Å². The number of hydrogen-bond donors (Lipinski definition) is 1. The van der Waals surface area contributed by atoms with Gasteiger partial charge in [0.15, 0.2) is 0 Å². The van der Waals surface area contributed by atoms with Gasteiger partial charge in [0.2, 0.25) is 5.91 Å². The van der Waals surface area contributed by atoms with E-state index < -0.39 is 0 Å². The summed E-state index contributed by atoms with van der Waals surface area (Å²) in [5.74, 6) is 0.262. The van der Waals surface area contributed by atoms with Crippen molar-refractivity contribution in [2.45, 2.75) is 39.3 Å². The van der Waals surface area contributed by atoms with Gasteiger partial charge in [0.05, 0.1) is 25.3 Å². The van der Waals surface area contributed by atoms with Crippen molar-refractivity contribution in [1.82, 2.24) is 4.90 Å². The molecule has 15 heavy (non-hydrogen) atoms. The van der Waals surface area contributed by atoms with Gasteiger partial charge >= 0.3 is 0 Å². The Labute approximate surface area is 91.8 Å². The molecule has 0 aromatic carbocycles. The third-order valence-corrected chi connectivity index (χ3v) is 2.99. The van der Waals surface area contributed by atoms with Gasteiger partial charge in [0.25, 0.3) is 0 Å². The van der Waals surface area contributed by atoms with Crippen molar-refractivity contribution in [3.05, 3.63) is 0 Å². The minimum Gasteiger partial charge on any atom is -0.377 e. The molecule has 0 saturated carbocycles. The molecule has 1 fully saturated rings. The van der Waals surface area contributed by atoms with Crippen LogP contribution in [-0.4, -0.2) is 42.6 Å². The largest absolute Gasteiger partial charge is 0.377 e. The first-order valence-electron chi connectivity index (χ1n) is 5.71. The van der Waals surface area contributed by atoms with Crippen molar-refractivity contribution in [2.75, 3.05) is 19.8 Å². The molecule has 1 heterocycles. The van der Waals surface area contributed by atoms with Crippen LogP contribution in [0.25, 0.3) is 0 Å². The van der Waals surface area contributed by atoms with Crippen molar-refractivity contribution >= 4 is 5.91 Å². The molecule has 1 saturated heterocycles. The predicted molar refractivity (Wildman–Crippen MR) is 59.4 cm³/mol. The molecule has 0 spiro atoms. The number of carbonyl (C=O) groups is 1. The van der Waals surface area contributed by atoms with Crippen LogP contribution in [0.3, 0.4) is 0 Å². The molecule has 4 heteroatoms. The topological polar surface area (TPSA) is 55.6 Å². The van der Waals surface area contributed by atoms with Gasteiger partial charge in [-0.05, 0) is 12.3 Å². The maximum absolute atomic E-state index is 12.1. The van der Waals surface area contributed by atoms with Crippen LogP contribution in [-0.2, 0) is 9.53 Å². The number of ether oxygens (including phenoxy) is 1. The van der Waals surface area contributed by atoms with Crippen LogP contribution in [0.5, 0.6) is 0 Å². The van der Waals surface area contributed by atoms with Crippen molar-refractivity contribution < 1.29 is 9.53 Å². The maximum Gasteiger partial charge on any atom is 0.240 e. The number of rotatable bonds is 3. The fraction of sp³-hybridized carbons (Fsp3) is 0.909. The molecule has 1 aliphatic heterocycles. The quantitative estimate of drug-likeness (QED) is 0.749. The van der Waals surface area contributed by atoms with Crippen molar-refractivity contribution in [3.8, 4) is 0 Å². The Morgan fingerprint density at radius 1 is 1.60 bits per heavy atom. The lowest BCUT2D eigenvalue weighted by Gasteiger charge is -2.37. The highest BCUT2D eigenvalue weighted by atomic mass is 16.5. The Hall–Kier alpha value is -0.610. The fourth-order valence-corrected chi connectivity index (χ4v) is 1.76. The van der Waals surface area contributed by atoms with Crippen LogP contribution in [0.4, 0.5) is 0 Å². The van der Waals surface area contributed by atoms with Gasteiger partial charge in [-0.3, -0.25) is 4.79 Å². The highest BCUT2D eigenvalue weighted by Gasteiger charge is 2.30. The van der Waals surface area contributed by atoms with Crippen LogP contribution in [0, 0.1) is 5.92 Å². The molecule has 1 aliphatic rings. The highest BCUT2D eigenvalue weighted by molar-refractivity contribution is 5.82. The zero-order valence-electron chi connectivity index (χ0n) is 9.90. The summed E-state index contributed by atoms with van der Waals surface area (Å²) in [6, 6.07) is -0.173. The summed E-state index contributed by atoms with van der Waals surface area (Å²) in [7, 11) is 0. The van der Waals surface area contributed by atoms with Gasteiger partial charge in [0, 0.05) is 6.54 Å². The minimum absolute atomic E-state index is 0.0696. The number of amides is 1. The van der Waals surface area contributed by atoms with E-state index in [9.17, 15) is 4.79 Å². The van der Waals surface area contributed by atoms with Crippen molar-refractivity contribution in [3.63, 3.8) is 0 Å². The van der Waals surface area contributed by atoms with E-state index in [2.05, 4.69) is 6.92 Å². The van der Waals surface area contributed by atoms with Crippen LogP contribution in [0.1, 0.15) is 27.2 Å². The second-order valence-corrected chi connectivity index (χ2v) is 4.44. The summed E-state index contributed by atoms with van der Waals surface area (Å²) >= 11 is 0. The van der Waals surface area contributed by atoms with E-state index in [1.165, 1.54) is 0 Å². The summed E-state index contributed by atoms with van der Waals surface area (Å²) in [5.41, 5.74) is 5.88. The van der Waals surface area contributed by atoms with Gasteiger partial charge in [0.1, 0.15) is 0 Å². The second-order valence-electron chi connectivity index (χ2n) is 4.44. The molecular weight excluding hydrogens is 192 g/mol. The van der Waals surface area contributed by atoms with Gasteiger partial charge in [-0.25, -0.2) is 0 Å². The lowest BCUT2D eigenvalue weighted by atomic mass is 10.0. The molecule has 0 aromatic heterocycles. The van der Waals surface area contributed by atoms with E-state index in [1.807, 2.05) is 18.7 Å². The van der Waals surface area contributed by atoms with Gasteiger partial charge in [-0.15, -0.1) is 0 Å². The van der Waals surface area contributed by atoms with Crippen molar-refractivity contribution in [2.24, 2.45) is 11.7 Å². The monoisotopic (exact) mass is 214 g/mol. The average Bonchev–Trinajstić information content (AvgIpc) is 2.26. The number of carbonyl (C=O) groups excluding carboxylic acids is 1. The van der Waals surface area contributed by atoms with E-state index in [1.54, 1.807) is 0 Å². The van der Waals surface area contributed by atoms with E-state index in [0.717, 1.165) is 6.42 Å². The maximum atomic E-state index is 12.1. The standard InChI is InChI=1S/C11H22N2O2/c1-4-9-7-15-6-5-13(9)11(14)10(12)8(2)3/h8-10H,4-7,12H2,1-3H3. The summed E-state index contributed by atoms with van der Waals surface area (Å²) < 4.78 is 5.36. The first kappa shape index (κ1) is 12.5. The fourth-order valence-electron chi connectivity index (χ4n) is 1.76. The molecule has 1 amide bonds. The number of hydrogen-bond acceptors (Lipinski definition) is 3. The third-order valence-electron chi connectivity index (χ3n) is 2.99. The van der Waals surface area contributed by atoms with E-state index in [4.69, 9.17) is 10.5 Å². The smallest absolute Gasteiger partial charge is 0.240 e. The van der Waals surface area contributed by atoms with E-state index in [0.29, 0.717) is 19.8 Å². The Morgan fingerprint density at radius 2 is 2.27 bits per heavy atom. The summed E-state index contributed by atoms with van der Waals surface area (Å²) in [6.07, 6.45) is 0.927. The zero-order valence-corrected chi connectivity index (χ0v) is 9.90. The normalized spacial score (nSPS) is 24.3. The molecule has 0 aliphatic carbocycles. The van der Waals surface area contributed by atoms with Gasteiger partial charge in [-0.1, -0.05) is 20.8 Å². The first-order chi connectivity index (χ1) is 7.07. The van der Waals surface area contributed by atoms with Crippen LogP contribution in [0.15, 0.2) is 0 Å². The number of nitrogens with zero attached hydrogens (tertiary/aromatic N) is 1. The summed E-state index contributed by atoms with van der Waals surface area (Å²) in [5, 5.41) is 0. The molecule has 0 bridgehead atoms. The zero-order chi connectivity index (χ0) is 11.4. The van der Waals surface area contributed by atoms with Gasteiger partial charge in [-0.2, -0.15) is 0 Å². The van der Waals surface area contributed by atoms with E-state index >= 15 is 0 Å². The van der Waals surface area contributed by atoms with Crippen LogP contribution >= 0.6 is 0 Å². The molecule has 2 atom stereocenters. The second kappa shape index (κ2) is 5.47. The van der Waals surface area contributed by atoms with Gasteiger partial charge < -0.3 is 15.4 Å². The molecular formula is C11H22N2O2. The summed E-state index contributed by atoms with van der Waals surface area (Å²) in [6.45, 7) is 7.98.